The smallest absolute Gasteiger partial charge is 0.269 e. The number of rotatable bonds is 7. The molecule has 1 atom stereocenters. The molecular weight excluding hydrogens is 244 g/mol. The quantitative estimate of drug-likeness (QED) is 0.588. The van der Waals surface area contributed by atoms with E-state index in [1.807, 2.05) is 20.8 Å². The minimum atomic E-state index is -0.685. The molecule has 0 aliphatic rings. The molecule has 0 aliphatic heterocycles. The third-order valence-corrected chi connectivity index (χ3v) is 3.66. The molecule has 1 unspecified atom stereocenters. The minimum Gasteiger partial charge on any atom is -0.389 e. The highest BCUT2D eigenvalue weighted by Crippen LogP contribution is 2.19. The molecule has 19 heavy (non-hydrogen) atoms. The monoisotopic (exact) mass is 266 g/mol. The molecule has 0 amide bonds. The van der Waals surface area contributed by atoms with E-state index in [-0.39, 0.29) is 11.7 Å². The lowest BCUT2D eigenvalue weighted by Crippen LogP contribution is -2.40. The molecule has 0 fully saturated rings. The molecular formula is C14H22N2O3. The molecule has 0 aliphatic carbocycles. The lowest BCUT2D eigenvalue weighted by molar-refractivity contribution is -0.384. The van der Waals surface area contributed by atoms with Gasteiger partial charge in [0.2, 0.25) is 0 Å². The van der Waals surface area contributed by atoms with E-state index in [1.165, 1.54) is 12.1 Å². The van der Waals surface area contributed by atoms with Crippen LogP contribution >= 0.6 is 0 Å². The van der Waals surface area contributed by atoms with Crippen molar-refractivity contribution in [3.05, 3.63) is 39.9 Å². The van der Waals surface area contributed by atoms with Gasteiger partial charge < -0.3 is 10.4 Å². The molecule has 0 saturated heterocycles. The SMILES string of the molecule is CCC(O)(CC)CNC(C)c1ccc([N+](=O)[O-])cc1. The molecule has 0 radical (unpaired) electrons. The summed E-state index contributed by atoms with van der Waals surface area (Å²) in [6.45, 7) is 6.41. The second kappa shape index (κ2) is 6.63. The molecule has 5 nitrogen and oxygen atoms in total. The molecule has 0 heterocycles. The summed E-state index contributed by atoms with van der Waals surface area (Å²) in [6, 6.07) is 6.53. The van der Waals surface area contributed by atoms with E-state index in [0.717, 1.165) is 5.56 Å². The van der Waals surface area contributed by atoms with Crippen LogP contribution in [0.25, 0.3) is 0 Å². The lowest BCUT2D eigenvalue weighted by atomic mass is 9.96. The van der Waals surface area contributed by atoms with E-state index in [2.05, 4.69) is 5.32 Å². The number of benzene rings is 1. The Labute approximate surface area is 113 Å². The second-order valence-corrected chi connectivity index (χ2v) is 4.88. The minimum absolute atomic E-state index is 0.0467. The van der Waals surface area contributed by atoms with Crippen LogP contribution in [-0.2, 0) is 0 Å². The first-order valence-corrected chi connectivity index (χ1v) is 6.62. The third kappa shape index (κ3) is 4.29. The second-order valence-electron chi connectivity index (χ2n) is 4.88. The van der Waals surface area contributed by atoms with Gasteiger partial charge in [0.1, 0.15) is 0 Å². The van der Waals surface area contributed by atoms with Gasteiger partial charge in [-0.1, -0.05) is 26.0 Å². The van der Waals surface area contributed by atoms with Crippen LogP contribution in [0.1, 0.15) is 45.2 Å². The van der Waals surface area contributed by atoms with Crippen molar-refractivity contribution < 1.29 is 10.0 Å². The summed E-state index contributed by atoms with van der Waals surface area (Å²) in [4.78, 5) is 10.2. The van der Waals surface area contributed by atoms with Crippen molar-refractivity contribution in [3.63, 3.8) is 0 Å². The molecule has 1 aromatic carbocycles. The van der Waals surface area contributed by atoms with Gasteiger partial charge in [-0.2, -0.15) is 0 Å². The first kappa shape index (κ1) is 15.6. The van der Waals surface area contributed by atoms with Crippen LogP contribution in [0.4, 0.5) is 5.69 Å². The standard InChI is InChI=1S/C14H22N2O3/c1-4-14(17,5-2)10-15-11(3)12-6-8-13(9-7-12)16(18)19/h6-9,11,15,17H,4-5,10H2,1-3H3. The van der Waals surface area contributed by atoms with Crippen LogP contribution in [0.2, 0.25) is 0 Å². The summed E-state index contributed by atoms with van der Waals surface area (Å²) < 4.78 is 0. The van der Waals surface area contributed by atoms with Crippen molar-refractivity contribution >= 4 is 5.69 Å². The van der Waals surface area contributed by atoms with Crippen molar-refractivity contribution in [2.75, 3.05) is 6.54 Å². The number of nitrogens with one attached hydrogen (secondary N) is 1. The van der Waals surface area contributed by atoms with Crippen molar-refractivity contribution in [2.24, 2.45) is 0 Å². The van der Waals surface area contributed by atoms with Crippen LogP contribution in [0, 0.1) is 10.1 Å². The highest BCUT2D eigenvalue weighted by atomic mass is 16.6. The topological polar surface area (TPSA) is 75.4 Å². The molecule has 1 aromatic rings. The Morgan fingerprint density at radius 1 is 1.32 bits per heavy atom. The number of nitrogens with zero attached hydrogens (tertiary/aromatic N) is 1. The first-order valence-electron chi connectivity index (χ1n) is 6.62. The van der Waals surface area contributed by atoms with Crippen LogP contribution < -0.4 is 5.32 Å². The van der Waals surface area contributed by atoms with Gasteiger partial charge >= 0.3 is 0 Å². The van der Waals surface area contributed by atoms with E-state index in [0.29, 0.717) is 19.4 Å². The summed E-state index contributed by atoms with van der Waals surface area (Å²) in [7, 11) is 0. The van der Waals surface area contributed by atoms with Crippen molar-refractivity contribution in [1.29, 1.82) is 0 Å². The van der Waals surface area contributed by atoms with Crippen molar-refractivity contribution in [3.8, 4) is 0 Å². The molecule has 2 N–H and O–H groups in total. The van der Waals surface area contributed by atoms with Gasteiger partial charge in [0, 0.05) is 24.7 Å². The van der Waals surface area contributed by atoms with Crippen LogP contribution in [0.15, 0.2) is 24.3 Å². The number of aliphatic hydroxyl groups is 1. The Kier molecular flexibility index (Phi) is 5.44. The van der Waals surface area contributed by atoms with Crippen LogP contribution in [0.5, 0.6) is 0 Å². The van der Waals surface area contributed by atoms with E-state index < -0.39 is 10.5 Å². The molecule has 1 rings (SSSR count). The lowest BCUT2D eigenvalue weighted by Gasteiger charge is -2.27. The number of nitro groups is 1. The molecule has 5 heteroatoms. The zero-order chi connectivity index (χ0) is 14.5. The number of nitro benzene ring substituents is 1. The largest absolute Gasteiger partial charge is 0.389 e. The molecule has 0 bridgehead atoms. The average Bonchev–Trinajstić information content (AvgIpc) is 2.44. The van der Waals surface area contributed by atoms with Crippen molar-refractivity contribution in [1.82, 2.24) is 5.32 Å². The van der Waals surface area contributed by atoms with Crippen LogP contribution in [0.3, 0.4) is 0 Å². The van der Waals surface area contributed by atoms with E-state index in [1.54, 1.807) is 12.1 Å². The fourth-order valence-electron chi connectivity index (χ4n) is 1.85. The van der Waals surface area contributed by atoms with Gasteiger partial charge in [-0.05, 0) is 25.3 Å². The maximum Gasteiger partial charge on any atom is 0.269 e. The summed E-state index contributed by atoms with van der Waals surface area (Å²) in [5.41, 5.74) is 0.379. The molecule has 106 valence electrons. The fourth-order valence-corrected chi connectivity index (χ4v) is 1.85. The molecule has 0 saturated carbocycles. The highest BCUT2D eigenvalue weighted by Gasteiger charge is 2.22. The Hall–Kier alpha value is -1.46. The van der Waals surface area contributed by atoms with E-state index >= 15 is 0 Å². The predicted molar refractivity (Wildman–Crippen MR) is 75.0 cm³/mol. The summed E-state index contributed by atoms with van der Waals surface area (Å²) in [6.07, 6.45) is 1.40. The number of hydrogen-bond acceptors (Lipinski definition) is 4. The average molecular weight is 266 g/mol. The van der Waals surface area contributed by atoms with Gasteiger partial charge in [0.15, 0.2) is 0 Å². The van der Waals surface area contributed by atoms with Gasteiger partial charge in [0.05, 0.1) is 10.5 Å². The van der Waals surface area contributed by atoms with Crippen molar-refractivity contribution in [2.45, 2.75) is 45.3 Å². The summed E-state index contributed by atoms with van der Waals surface area (Å²) in [5, 5.41) is 24.0. The maximum atomic E-state index is 10.6. The zero-order valence-electron chi connectivity index (χ0n) is 11.7. The Morgan fingerprint density at radius 3 is 2.26 bits per heavy atom. The zero-order valence-corrected chi connectivity index (χ0v) is 11.7. The van der Waals surface area contributed by atoms with Gasteiger partial charge in [-0.3, -0.25) is 10.1 Å². The normalized spacial score (nSPS) is 13.3. The predicted octanol–water partition coefficient (Wildman–Crippen LogP) is 2.80. The summed E-state index contributed by atoms with van der Waals surface area (Å²) in [5.74, 6) is 0. The number of hydrogen-bond donors (Lipinski definition) is 2. The first-order chi connectivity index (χ1) is 8.91. The Bertz CT molecular complexity index is 413. The van der Waals surface area contributed by atoms with Crippen LogP contribution in [-0.4, -0.2) is 22.2 Å². The summed E-state index contributed by atoms with van der Waals surface area (Å²) >= 11 is 0. The highest BCUT2D eigenvalue weighted by molar-refractivity contribution is 5.34. The Balaban J connectivity index is 2.63. The molecule has 0 aromatic heterocycles. The van der Waals surface area contributed by atoms with Gasteiger partial charge in [0.25, 0.3) is 5.69 Å². The van der Waals surface area contributed by atoms with Gasteiger partial charge in [-0.25, -0.2) is 0 Å². The Morgan fingerprint density at radius 2 is 1.84 bits per heavy atom. The molecule has 0 spiro atoms. The van der Waals surface area contributed by atoms with E-state index in [4.69, 9.17) is 0 Å². The van der Waals surface area contributed by atoms with E-state index in [9.17, 15) is 15.2 Å². The fraction of sp³-hybridized carbons (Fsp3) is 0.571. The number of non-ortho nitro benzene ring substituents is 1. The van der Waals surface area contributed by atoms with Gasteiger partial charge in [-0.15, -0.1) is 0 Å². The third-order valence-electron chi connectivity index (χ3n) is 3.66. The maximum absolute atomic E-state index is 10.6.